The number of hydrogen-bond donors (Lipinski definition) is 0. The predicted molar refractivity (Wildman–Crippen MR) is 94.1 cm³/mol. The third kappa shape index (κ3) is 2.89. The van der Waals surface area contributed by atoms with Gasteiger partial charge in [-0.15, -0.1) is 0 Å². The summed E-state index contributed by atoms with van der Waals surface area (Å²) in [5.74, 6) is 0. The van der Waals surface area contributed by atoms with Crippen LogP contribution in [-0.2, 0) is 19.4 Å². The van der Waals surface area contributed by atoms with E-state index < -0.39 is 19.4 Å². The molecule has 1 atom stereocenters. The Kier molecular flexibility index (Phi) is 4.98. The second-order valence-corrected chi connectivity index (χ2v) is 14.7. The summed E-state index contributed by atoms with van der Waals surface area (Å²) in [6.07, 6.45) is 3.36. The molecule has 1 unspecified atom stereocenters. The van der Waals surface area contributed by atoms with E-state index >= 15 is 0 Å². The van der Waals surface area contributed by atoms with Gasteiger partial charge in [-0.1, -0.05) is 0 Å². The molecule has 0 aliphatic heterocycles. The molecule has 0 heterocycles. The Balaban J connectivity index is 2.19. The summed E-state index contributed by atoms with van der Waals surface area (Å²) in [5, 5.41) is 0. The number of rotatable bonds is 3. The van der Waals surface area contributed by atoms with Crippen LogP contribution in [-0.4, -0.2) is 0 Å². The molecule has 1 aliphatic rings. The molecule has 0 bridgehead atoms. The normalized spacial score (nSPS) is 16.4. The Morgan fingerprint density at radius 1 is 1.05 bits per heavy atom. The van der Waals surface area contributed by atoms with E-state index in [0.29, 0.717) is 3.63 Å². The van der Waals surface area contributed by atoms with E-state index in [9.17, 15) is 0 Å². The third-order valence-electron chi connectivity index (χ3n) is 4.45. The van der Waals surface area contributed by atoms with Crippen molar-refractivity contribution in [3.63, 3.8) is 0 Å². The maximum atomic E-state index is 6.46. The Hall–Kier alpha value is -0.357. The Morgan fingerprint density at radius 2 is 1.82 bits per heavy atom. The van der Waals surface area contributed by atoms with E-state index in [1.54, 1.807) is 0 Å². The van der Waals surface area contributed by atoms with Gasteiger partial charge in [0.2, 0.25) is 0 Å². The van der Waals surface area contributed by atoms with Crippen molar-refractivity contribution in [2.45, 2.75) is 30.8 Å². The first-order chi connectivity index (χ1) is 10.5. The fraction of sp³-hybridized carbons (Fsp3) is 0.263. The first kappa shape index (κ1) is 16.5. The molecule has 0 saturated carbocycles. The molecule has 2 aromatic carbocycles. The topological polar surface area (TPSA) is 0 Å². The van der Waals surface area contributed by atoms with Crippen LogP contribution < -0.4 is 0 Å². The van der Waals surface area contributed by atoms with E-state index in [4.69, 9.17) is 17.0 Å². The van der Waals surface area contributed by atoms with E-state index in [0.717, 1.165) is 6.42 Å². The molecule has 0 fully saturated rings. The van der Waals surface area contributed by atoms with Gasteiger partial charge in [0.15, 0.2) is 0 Å². The van der Waals surface area contributed by atoms with E-state index in [1.165, 1.54) is 39.0 Å². The first-order valence-corrected chi connectivity index (χ1v) is 15.4. The number of aryl methyl sites for hydroxylation is 2. The van der Waals surface area contributed by atoms with Gasteiger partial charge in [-0.25, -0.2) is 0 Å². The van der Waals surface area contributed by atoms with Crippen LogP contribution in [0.2, 0.25) is 0 Å². The van der Waals surface area contributed by atoms with Gasteiger partial charge >= 0.3 is 149 Å². The third-order valence-corrected chi connectivity index (χ3v) is 9.78. The molecule has 3 heteroatoms. The van der Waals surface area contributed by atoms with Crippen molar-refractivity contribution in [3.8, 4) is 11.1 Å². The van der Waals surface area contributed by atoms with Crippen LogP contribution in [0.25, 0.3) is 17.2 Å². The summed E-state index contributed by atoms with van der Waals surface area (Å²) in [7, 11) is 12.9. The molecule has 22 heavy (non-hydrogen) atoms. The second kappa shape index (κ2) is 6.64. The van der Waals surface area contributed by atoms with Crippen molar-refractivity contribution in [2.24, 2.45) is 0 Å². The first-order valence-electron chi connectivity index (χ1n) is 7.61. The van der Waals surface area contributed by atoms with Gasteiger partial charge in [0.1, 0.15) is 0 Å². The van der Waals surface area contributed by atoms with E-state index in [1.807, 2.05) is 0 Å². The molecule has 0 saturated heterocycles. The van der Waals surface area contributed by atoms with Crippen molar-refractivity contribution in [1.82, 2.24) is 0 Å². The van der Waals surface area contributed by atoms with Crippen LogP contribution in [0.3, 0.4) is 0 Å². The van der Waals surface area contributed by atoms with Crippen molar-refractivity contribution in [2.75, 3.05) is 0 Å². The standard InChI is InChI=1S/C19H19.2ClH.Zr/c1-4-15-11-16-6-5-7-18(19(16)12-15)17-9-8-13(2)10-14(17)3;;;/h5-12H,4H2,1-3H3;2*1H;/q;;;+2/p-2. The molecule has 0 amide bonds. The van der Waals surface area contributed by atoms with Gasteiger partial charge in [0.05, 0.1) is 0 Å². The molecular formula is C19H19Cl2Zr. The molecule has 0 N–H and O–H groups in total. The van der Waals surface area contributed by atoms with Crippen molar-refractivity contribution >= 4 is 23.1 Å². The molecular weight excluding hydrogens is 390 g/mol. The molecule has 2 aromatic rings. The van der Waals surface area contributed by atoms with Crippen LogP contribution in [0.15, 0.2) is 42.0 Å². The van der Waals surface area contributed by atoms with Gasteiger partial charge in [-0.05, 0) is 0 Å². The zero-order valence-corrected chi connectivity index (χ0v) is 17.1. The van der Waals surface area contributed by atoms with Crippen LogP contribution in [0.5, 0.6) is 0 Å². The molecule has 0 nitrogen and oxygen atoms in total. The average molecular weight is 409 g/mol. The monoisotopic (exact) mass is 407 g/mol. The Bertz CT molecular complexity index is 747. The van der Waals surface area contributed by atoms with Crippen LogP contribution in [0.1, 0.15) is 39.2 Å². The summed E-state index contributed by atoms with van der Waals surface area (Å²) in [4.78, 5) is 0. The molecule has 1 aliphatic carbocycles. The molecule has 0 radical (unpaired) electrons. The van der Waals surface area contributed by atoms with E-state index in [2.05, 4.69) is 63.2 Å². The summed E-state index contributed by atoms with van der Waals surface area (Å²) >= 11 is -2.37. The number of hydrogen-bond acceptors (Lipinski definition) is 0. The van der Waals surface area contributed by atoms with Gasteiger partial charge in [-0.2, -0.15) is 0 Å². The quantitative estimate of drug-likeness (QED) is 0.526. The number of fused-ring (bicyclic) bond motifs is 1. The zero-order chi connectivity index (χ0) is 15.9. The van der Waals surface area contributed by atoms with Crippen molar-refractivity contribution in [1.29, 1.82) is 0 Å². The summed E-state index contributed by atoms with van der Waals surface area (Å²) < 4.78 is 0.316. The fourth-order valence-electron chi connectivity index (χ4n) is 3.38. The minimum atomic E-state index is -2.37. The SMILES string of the molecule is CCC1=Cc2c(-c3ccc(C)cc3C)cccc2[CH]1[Zr]([Cl])[Cl]. The molecule has 113 valence electrons. The summed E-state index contributed by atoms with van der Waals surface area (Å²) in [6, 6.07) is 13.2. The van der Waals surface area contributed by atoms with Crippen LogP contribution >= 0.6 is 17.0 Å². The predicted octanol–water partition coefficient (Wildman–Crippen LogP) is 6.74. The molecule has 0 aromatic heterocycles. The Labute approximate surface area is 147 Å². The fourth-order valence-corrected chi connectivity index (χ4v) is 9.02. The zero-order valence-electron chi connectivity index (χ0n) is 13.1. The molecule has 0 spiro atoms. The minimum absolute atomic E-state index is 0.316. The maximum absolute atomic E-state index is 6.46. The number of halogens is 2. The number of allylic oxidation sites excluding steroid dienone is 1. The van der Waals surface area contributed by atoms with Gasteiger partial charge in [0, 0.05) is 0 Å². The van der Waals surface area contributed by atoms with Gasteiger partial charge in [-0.3, -0.25) is 0 Å². The summed E-state index contributed by atoms with van der Waals surface area (Å²) in [5.41, 5.74) is 9.31. The Morgan fingerprint density at radius 3 is 2.45 bits per heavy atom. The average Bonchev–Trinajstić information content (AvgIpc) is 2.86. The van der Waals surface area contributed by atoms with Gasteiger partial charge < -0.3 is 0 Å². The van der Waals surface area contributed by atoms with Gasteiger partial charge in [0.25, 0.3) is 0 Å². The molecule has 3 rings (SSSR count). The second-order valence-electron chi connectivity index (χ2n) is 5.92. The van der Waals surface area contributed by atoms with E-state index in [-0.39, 0.29) is 0 Å². The number of benzene rings is 2. The van der Waals surface area contributed by atoms with Crippen LogP contribution in [0, 0.1) is 13.8 Å². The summed E-state index contributed by atoms with van der Waals surface area (Å²) in [6.45, 7) is 6.52. The van der Waals surface area contributed by atoms with Crippen LogP contribution in [0.4, 0.5) is 0 Å². The van der Waals surface area contributed by atoms with Crippen molar-refractivity contribution in [3.05, 3.63) is 64.2 Å². The van der Waals surface area contributed by atoms with Crippen molar-refractivity contribution < 1.29 is 19.4 Å².